The van der Waals surface area contributed by atoms with E-state index in [1.165, 1.54) is 31.5 Å². The molecule has 0 aromatic carbocycles. The summed E-state index contributed by atoms with van der Waals surface area (Å²) in [5, 5.41) is 0. The van der Waals surface area contributed by atoms with Gasteiger partial charge >= 0.3 is 0 Å². The fourth-order valence-electron chi connectivity index (χ4n) is 2.24. The Kier molecular flexibility index (Phi) is 3.44. The highest BCUT2D eigenvalue weighted by atomic mass is 15.2. The van der Waals surface area contributed by atoms with E-state index in [0.717, 1.165) is 5.82 Å². The molecule has 1 aliphatic heterocycles. The summed E-state index contributed by atoms with van der Waals surface area (Å²) >= 11 is 0. The molecule has 88 valence electrons. The van der Waals surface area contributed by atoms with Crippen LogP contribution in [-0.2, 0) is 0 Å². The molecule has 0 amide bonds. The Labute approximate surface area is 98.1 Å². The summed E-state index contributed by atoms with van der Waals surface area (Å²) in [5.74, 6) is 1.10. The van der Waals surface area contributed by atoms with Gasteiger partial charge in [0.15, 0.2) is 0 Å². The quantitative estimate of drug-likeness (QED) is 0.757. The van der Waals surface area contributed by atoms with E-state index in [9.17, 15) is 0 Å². The molecule has 0 N–H and O–H groups in total. The van der Waals surface area contributed by atoms with Crippen molar-refractivity contribution in [3.8, 4) is 0 Å². The van der Waals surface area contributed by atoms with Crippen LogP contribution in [0.15, 0.2) is 18.3 Å². The number of hydrogen-bond acceptors (Lipinski definition) is 3. The first kappa shape index (κ1) is 11.4. The van der Waals surface area contributed by atoms with Crippen molar-refractivity contribution in [2.24, 2.45) is 0 Å². The van der Waals surface area contributed by atoms with Gasteiger partial charge in [0.05, 0.1) is 0 Å². The Bertz CT molecular complexity index is 326. The van der Waals surface area contributed by atoms with Crippen LogP contribution in [0, 0.1) is 6.92 Å². The number of aryl methyl sites for hydroxylation is 1. The third-order valence-electron chi connectivity index (χ3n) is 3.49. The zero-order valence-electron chi connectivity index (χ0n) is 10.5. The van der Waals surface area contributed by atoms with Gasteiger partial charge in [0.1, 0.15) is 5.82 Å². The van der Waals surface area contributed by atoms with Crippen molar-refractivity contribution in [1.82, 2.24) is 9.88 Å². The maximum atomic E-state index is 4.48. The average Bonchev–Trinajstić information content (AvgIpc) is 2.30. The lowest BCUT2D eigenvalue weighted by atomic mass is 10.0. The minimum Gasteiger partial charge on any atom is -0.357 e. The molecule has 0 spiro atoms. The van der Waals surface area contributed by atoms with E-state index >= 15 is 0 Å². The van der Waals surface area contributed by atoms with Gasteiger partial charge in [-0.1, -0.05) is 6.07 Å². The van der Waals surface area contributed by atoms with Crippen LogP contribution in [0.3, 0.4) is 0 Å². The van der Waals surface area contributed by atoms with Gasteiger partial charge < -0.3 is 9.80 Å². The Morgan fingerprint density at radius 2 is 2.00 bits per heavy atom. The van der Waals surface area contributed by atoms with Crippen molar-refractivity contribution in [1.29, 1.82) is 0 Å². The van der Waals surface area contributed by atoms with Gasteiger partial charge in [-0.05, 0) is 51.5 Å². The normalized spacial score (nSPS) is 18.7. The summed E-state index contributed by atoms with van der Waals surface area (Å²) in [6.45, 7) is 4.47. The van der Waals surface area contributed by atoms with Crippen molar-refractivity contribution in [3.05, 3.63) is 23.9 Å². The predicted octanol–water partition coefficient (Wildman–Crippen LogP) is 1.92. The smallest absolute Gasteiger partial charge is 0.128 e. The summed E-state index contributed by atoms with van der Waals surface area (Å²) in [4.78, 5) is 9.21. The topological polar surface area (TPSA) is 19.4 Å². The molecule has 2 heterocycles. The Morgan fingerprint density at radius 3 is 2.56 bits per heavy atom. The Balaban J connectivity index is 2.01. The predicted molar refractivity (Wildman–Crippen MR) is 67.9 cm³/mol. The van der Waals surface area contributed by atoms with Crippen LogP contribution in [0.2, 0.25) is 0 Å². The number of rotatable bonds is 2. The lowest BCUT2D eigenvalue weighted by molar-refractivity contribution is 0.252. The van der Waals surface area contributed by atoms with Crippen LogP contribution < -0.4 is 4.90 Å². The second-order valence-corrected chi connectivity index (χ2v) is 4.84. The van der Waals surface area contributed by atoms with Gasteiger partial charge in [-0.25, -0.2) is 4.98 Å². The van der Waals surface area contributed by atoms with Gasteiger partial charge in [0.2, 0.25) is 0 Å². The molecule has 0 radical (unpaired) electrons. The summed E-state index contributed by atoms with van der Waals surface area (Å²) in [6, 6.07) is 4.90. The molecular weight excluding hydrogens is 198 g/mol. The van der Waals surface area contributed by atoms with Gasteiger partial charge in [-0.3, -0.25) is 0 Å². The number of aromatic nitrogens is 1. The van der Waals surface area contributed by atoms with Crippen molar-refractivity contribution < 1.29 is 0 Å². The van der Waals surface area contributed by atoms with E-state index in [2.05, 4.69) is 47.9 Å². The Morgan fingerprint density at radius 1 is 1.31 bits per heavy atom. The van der Waals surface area contributed by atoms with Crippen molar-refractivity contribution >= 4 is 5.82 Å². The minimum absolute atomic E-state index is 0.645. The first-order valence-corrected chi connectivity index (χ1v) is 6.01. The Hall–Kier alpha value is -1.09. The summed E-state index contributed by atoms with van der Waals surface area (Å²) < 4.78 is 0. The number of hydrogen-bond donors (Lipinski definition) is 0. The van der Waals surface area contributed by atoms with Crippen LogP contribution >= 0.6 is 0 Å². The fourth-order valence-corrected chi connectivity index (χ4v) is 2.24. The maximum absolute atomic E-state index is 4.48. The van der Waals surface area contributed by atoms with Gasteiger partial charge in [-0.2, -0.15) is 0 Å². The monoisotopic (exact) mass is 219 g/mol. The highest BCUT2D eigenvalue weighted by molar-refractivity contribution is 5.39. The number of anilines is 1. The molecule has 3 nitrogen and oxygen atoms in total. The standard InChI is InChI=1S/C13H21N3/c1-11-4-5-13(14-10-11)16(3)12-6-8-15(2)9-7-12/h4-5,10,12H,6-9H2,1-3H3. The first-order valence-electron chi connectivity index (χ1n) is 6.01. The van der Waals surface area contributed by atoms with Crippen molar-refractivity contribution in [2.45, 2.75) is 25.8 Å². The summed E-state index contributed by atoms with van der Waals surface area (Å²) in [6.07, 6.45) is 4.42. The van der Waals surface area contributed by atoms with Crippen molar-refractivity contribution in [3.63, 3.8) is 0 Å². The second kappa shape index (κ2) is 4.83. The van der Waals surface area contributed by atoms with E-state index in [1.54, 1.807) is 0 Å². The zero-order chi connectivity index (χ0) is 11.5. The molecule has 1 aliphatic rings. The SMILES string of the molecule is Cc1ccc(N(C)C2CCN(C)CC2)nc1. The molecule has 0 atom stereocenters. The van der Waals surface area contributed by atoms with Crippen LogP contribution in [0.5, 0.6) is 0 Å². The highest BCUT2D eigenvalue weighted by Gasteiger charge is 2.21. The lowest BCUT2D eigenvalue weighted by Crippen LogP contribution is -2.42. The molecule has 0 bridgehead atoms. The minimum atomic E-state index is 0.645. The zero-order valence-corrected chi connectivity index (χ0v) is 10.5. The molecule has 0 unspecified atom stereocenters. The average molecular weight is 219 g/mol. The lowest BCUT2D eigenvalue weighted by Gasteiger charge is -2.35. The molecule has 16 heavy (non-hydrogen) atoms. The fraction of sp³-hybridized carbons (Fsp3) is 0.615. The van der Waals surface area contributed by atoms with Crippen LogP contribution in [0.1, 0.15) is 18.4 Å². The maximum Gasteiger partial charge on any atom is 0.128 e. The number of piperidine rings is 1. The highest BCUT2D eigenvalue weighted by Crippen LogP contribution is 2.19. The molecule has 1 aromatic rings. The molecule has 1 fully saturated rings. The molecule has 1 saturated heterocycles. The van der Waals surface area contributed by atoms with Crippen LogP contribution in [0.4, 0.5) is 5.82 Å². The second-order valence-electron chi connectivity index (χ2n) is 4.84. The molecular formula is C13H21N3. The van der Waals surface area contributed by atoms with Gasteiger partial charge in [0.25, 0.3) is 0 Å². The summed E-state index contributed by atoms with van der Waals surface area (Å²) in [5.41, 5.74) is 1.22. The van der Waals surface area contributed by atoms with E-state index < -0.39 is 0 Å². The largest absolute Gasteiger partial charge is 0.357 e. The van der Waals surface area contributed by atoms with E-state index in [-0.39, 0.29) is 0 Å². The number of nitrogens with zero attached hydrogens (tertiary/aromatic N) is 3. The van der Waals surface area contributed by atoms with Gasteiger partial charge in [-0.15, -0.1) is 0 Å². The molecule has 1 aromatic heterocycles. The van der Waals surface area contributed by atoms with Crippen LogP contribution in [-0.4, -0.2) is 43.1 Å². The first-order chi connectivity index (χ1) is 7.66. The molecule has 3 heteroatoms. The van der Waals surface area contributed by atoms with Crippen molar-refractivity contribution in [2.75, 3.05) is 32.1 Å². The molecule has 0 saturated carbocycles. The van der Waals surface area contributed by atoms with Gasteiger partial charge in [0, 0.05) is 19.3 Å². The third-order valence-corrected chi connectivity index (χ3v) is 3.49. The van der Waals surface area contributed by atoms with E-state index in [0.29, 0.717) is 6.04 Å². The third kappa shape index (κ3) is 2.53. The summed E-state index contributed by atoms with van der Waals surface area (Å²) in [7, 11) is 4.36. The number of likely N-dealkylation sites (tertiary alicyclic amines) is 1. The number of pyridine rings is 1. The van der Waals surface area contributed by atoms with E-state index in [4.69, 9.17) is 0 Å². The van der Waals surface area contributed by atoms with Crippen LogP contribution in [0.25, 0.3) is 0 Å². The van der Waals surface area contributed by atoms with E-state index in [1.807, 2.05) is 6.20 Å². The molecule has 0 aliphatic carbocycles. The molecule has 2 rings (SSSR count).